The number of oxazole rings is 1. The van der Waals surface area contributed by atoms with Crippen molar-refractivity contribution in [2.24, 2.45) is 5.92 Å². The van der Waals surface area contributed by atoms with Gasteiger partial charge < -0.3 is 24.4 Å². The standard InChI is InChI=1S/C21H19Cl2FN6O3/c22-14-9-13(24)1-2-15(14)25-19(31)12-10-30(11-12)21(32)29-7-5-28(6-8-29)20-27-18-16(33-20)3-4-17(23)26-18/h1-4,9,12H,5-8,10-11H2,(H,25,31). The average molecular weight is 493 g/mol. The first-order valence-electron chi connectivity index (χ1n) is 10.3. The lowest BCUT2D eigenvalue weighted by molar-refractivity contribution is -0.123. The van der Waals surface area contributed by atoms with Gasteiger partial charge in [-0.25, -0.2) is 14.2 Å². The highest BCUT2D eigenvalue weighted by molar-refractivity contribution is 6.33. The molecular formula is C21H19Cl2FN6O3. The van der Waals surface area contributed by atoms with E-state index in [1.54, 1.807) is 21.9 Å². The second-order valence-corrected chi connectivity index (χ2v) is 8.72. The number of fused-ring (bicyclic) bond motifs is 1. The number of urea groups is 1. The van der Waals surface area contributed by atoms with Crippen molar-refractivity contribution in [1.29, 1.82) is 0 Å². The Labute approximate surface area is 198 Å². The van der Waals surface area contributed by atoms with Crippen molar-refractivity contribution in [2.45, 2.75) is 0 Å². The number of anilines is 2. The van der Waals surface area contributed by atoms with Crippen LogP contribution < -0.4 is 10.2 Å². The van der Waals surface area contributed by atoms with Gasteiger partial charge in [-0.3, -0.25) is 4.79 Å². The fraction of sp³-hybridized carbons (Fsp3) is 0.333. The number of benzene rings is 1. The Kier molecular flexibility index (Phi) is 5.71. The number of hydrogen-bond acceptors (Lipinski definition) is 6. The van der Waals surface area contributed by atoms with Crippen LogP contribution in [0.15, 0.2) is 34.7 Å². The lowest BCUT2D eigenvalue weighted by atomic mass is 9.99. The van der Waals surface area contributed by atoms with E-state index in [9.17, 15) is 14.0 Å². The van der Waals surface area contributed by atoms with Gasteiger partial charge in [0.15, 0.2) is 5.58 Å². The van der Waals surface area contributed by atoms with E-state index in [4.69, 9.17) is 27.6 Å². The van der Waals surface area contributed by atoms with E-state index in [-0.39, 0.29) is 22.9 Å². The Morgan fingerprint density at radius 2 is 1.79 bits per heavy atom. The van der Waals surface area contributed by atoms with Gasteiger partial charge in [-0.2, -0.15) is 4.98 Å². The monoisotopic (exact) mass is 492 g/mol. The summed E-state index contributed by atoms with van der Waals surface area (Å²) in [6.45, 7) is 2.78. The molecule has 2 saturated heterocycles. The highest BCUT2D eigenvalue weighted by Gasteiger charge is 2.38. The van der Waals surface area contributed by atoms with Crippen LogP contribution in [0.25, 0.3) is 11.2 Å². The van der Waals surface area contributed by atoms with Crippen LogP contribution in [-0.2, 0) is 4.79 Å². The molecule has 172 valence electrons. The van der Waals surface area contributed by atoms with Gasteiger partial charge in [-0.15, -0.1) is 0 Å². The normalized spacial score (nSPS) is 16.8. The Morgan fingerprint density at radius 3 is 2.52 bits per heavy atom. The van der Waals surface area contributed by atoms with Crippen LogP contribution in [0, 0.1) is 11.7 Å². The number of piperazine rings is 1. The predicted octanol–water partition coefficient (Wildman–Crippen LogP) is 3.48. The molecular weight excluding hydrogens is 474 g/mol. The van der Waals surface area contributed by atoms with Gasteiger partial charge in [0.05, 0.1) is 16.6 Å². The Morgan fingerprint density at radius 1 is 1.03 bits per heavy atom. The second kappa shape index (κ2) is 8.68. The number of carbonyl (C=O) groups is 2. The maximum Gasteiger partial charge on any atom is 0.320 e. The van der Waals surface area contributed by atoms with E-state index in [1.807, 2.05) is 4.90 Å². The van der Waals surface area contributed by atoms with Crippen LogP contribution in [-0.4, -0.2) is 71.0 Å². The molecule has 0 spiro atoms. The summed E-state index contributed by atoms with van der Waals surface area (Å²) in [6.07, 6.45) is 0. The van der Waals surface area contributed by atoms with Crippen LogP contribution >= 0.6 is 23.2 Å². The molecule has 5 rings (SSSR count). The van der Waals surface area contributed by atoms with Crippen LogP contribution in [0.3, 0.4) is 0 Å². The van der Waals surface area contributed by atoms with E-state index in [0.717, 1.165) is 6.07 Å². The Bertz CT molecular complexity index is 1220. The third-order valence-electron chi connectivity index (χ3n) is 5.74. The number of carbonyl (C=O) groups excluding carboxylic acids is 2. The zero-order chi connectivity index (χ0) is 23.1. The van der Waals surface area contributed by atoms with Crippen molar-refractivity contribution >= 4 is 58.1 Å². The number of aromatic nitrogens is 2. The zero-order valence-electron chi connectivity index (χ0n) is 17.3. The number of likely N-dealkylation sites (tertiary alicyclic amines) is 1. The quantitative estimate of drug-likeness (QED) is 0.562. The number of nitrogens with one attached hydrogen (secondary N) is 1. The molecule has 2 aromatic heterocycles. The fourth-order valence-electron chi connectivity index (χ4n) is 3.83. The summed E-state index contributed by atoms with van der Waals surface area (Å²) < 4.78 is 18.9. The lowest BCUT2D eigenvalue weighted by Crippen LogP contribution is -2.60. The highest BCUT2D eigenvalue weighted by Crippen LogP contribution is 2.26. The van der Waals surface area contributed by atoms with Gasteiger partial charge in [0.25, 0.3) is 6.01 Å². The molecule has 9 nitrogen and oxygen atoms in total. The van der Waals surface area contributed by atoms with Gasteiger partial charge in [-0.1, -0.05) is 23.2 Å². The molecule has 0 radical (unpaired) electrons. The van der Waals surface area contributed by atoms with Gasteiger partial charge in [0, 0.05) is 39.3 Å². The molecule has 1 aromatic carbocycles. The first-order chi connectivity index (χ1) is 15.9. The molecule has 1 N–H and O–H groups in total. The Hall–Kier alpha value is -3.11. The van der Waals surface area contributed by atoms with Gasteiger partial charge >= 0.3 is 6.03 Å². The van der Waals surface area contributed by atoms with Crippen LogP contribution in [0.2, 0.25) is 10.2 Å². The summed E-state index contributed by atoms with van der Waals surface area (Å²) in [7, 11) is 0. The molecule has 3 aromatic rings. The number of nitrogens with zero attached hydrogens (tertiary/aromatic N) is 5. The van der Waals surface area contributed by atoms with E-state index < -0.39 is 5.82 Å². The molecule has 33 heavy (non-hydrogen) atoms. The van der Waals surface area contributed by atoms with E-state index >= 15 is 0 Å². The minimum atomic E-state index is -0.476. The smallest absolute Gasteiger partial charge is 0.320 e. The molecule has 2 aliphatic rings. The lowest BCUT2D eigenvalue weighted by Gasteiger charge is -2.43. The van der Waals surface area contributed by atoms with Crippen LogP contribution in [0.5, 0.6) is 0 Å². The highest BCUT2D eigenvalue weighted by atomic mass is 35.5. The van der Waals surface area contributed by atoms with Crippen molar-refractivity contribution < 1.29 is 18.4 Å². The van der Waals surface area contributed by atoms with Gasteiger partial charge in [0.1, 0.15) is 11.0 Å². The van der Waals surface area contributed by atoms with E-state index in [2.05, 4.69) is 15.3 Å². The van der Waals surface area contributed by atoms with Crippen molar-refractivity contribution in [3.63, 3.8) is 0 Å². The molecule has 12 heteroatoms. The minimum absolute atomic E-state index is 0.107. The zero-order valence-corrected chi connectivity index (χ0v) is 18.8. The van der Waals surface area contributed by atoms with Crippen molar-refractivity contribution in [1.82, 2.24) is 19.8 Å². The molecule has 4 heterocycles. The third-order valence-corrected chi connectivity index (χ3v) is 6.26. The summed E-state index contributed by atoms with van der Waals surface area (Å²) in [6, 6.07) is 7.49. The van der Waals surface area contributed by atoms with Gasteiger partial charge in [-0.05, 0) is 30.3 Å². The number of rotatable bonds is 3. The summed E-state index contributed by atoms with van der Waals surface area (Å²) in [5.41, 5.74) is 1.35. The first kappa shape index (κ1) is 21.7. The summed E-state index contributed by atoms with van der Waals surface area (Å²) in [5, 5.41) is 3.17. The van der Waals surface area contributed by atoms with E-state index in [1.165, 1.54) is 12.1 Å². The third kappa shape index (κ3) is 4.40. The largest absolute Gasteiger partial charge is 0.422 e. The number of amides is 3. The van der Waals surface area contributed by atoms with Gasteiger partial charge in [0.2, 0.25) is 11.6 Å². The molecule has 2 fully saturated rings. The molecule has 0 aliphatic carbocycles. The molecule has 0 atom stereocenters. The second-order valence-electron chi connectivity index (χ2n) is 7.92. The maximum absolute atomic E-state index is 13.2. The topological polar surface area (TPSA) is 94.8 Å². The van der Waals surface area contributed by atoms with E-state index in [0.29, 0.717) is 67.4 Å². The fourth-order valence-corrected chi connectivity index (χ4v) is 4.19. The molecule has 3 amide bonds. The number of hydrogen-bond donors (Lipinski definition) is 1. The molecule has 2 aliphatic heterocycles. The van der Waals surface area contributed by atoms with Crippen molar-refractivity contribution in [3.8, 4) is 0 Å². The van der Waals surface area contributed by atoms with Crippen molar-refractivity contribution in [3.05, 3.63) is 46.3 Å². The first-order valence-corrected chi connectivity index (χ1v) is 11.1. The summed E-state index contributed by atoms with van der Waals surface area (Å²) >= 11 is 11.9. The SMILES string of the molecule is O=C(Nc1ccc(F)cc1Cl)C1CN(C(=O)N2CCN(c3nc4nc(Cl)ccc4o3)CC2)C1. The number of pyridine rings is 1. The van der Waals surface area contributed by atoms with Crippen LogP contribution in [0.1, 0.15) is 0 Å². The summed E-state index contributed by atoms with van der Waals surface area (Å²) in [4.78, 5) is 39.1. The number of halogens is 3. The van der Waals surface area contributed by atoms with Crippen molar-refractivity contribution in [2.75, 3.05) is 49.5 Å². The Balaban J connectivity index is 1.11. The minimum Gasteiger partial charge on any atom is -0.422 e. The van der Waals surface area contributed by atoms with Crippen LogP contribution in [0.4, 0.5) is 20.9 Å². The average Bonchev–Trinajstić information content (AvgIpc) is 3.18. The molecule has 0 saturated carbocycles. The summed E-state index contributed by atoms with van der Waals surface area (Å²) in [5.74, 6) is -1.06. The maximum atomic E-state index is 13.2. The predicted molar refractivity (Wildman–Crippen MR) is 121 cm³/mol. The molecule has 0 bridgehead atoms. The molecule has 0 unspecified atom stereocenters.